The Hall–Kier alpha value is 0.102. The van der Waals surface area contributed by atoms with E-state index in [0.717, 1.165) is 5.33 Å². The van der Waals surface area contributed by atoms with Gasteiger partial charge in [0.2, 0.25) is 0 Å². The van der Waals surface area contributed by atoms with Gasteiger partial charge in [0.05, 0.1) is 0 Å². The molecular formula is C9H9BrPd. The molecule has 0 aliphatic heterocycles. The summed E-state index contributed by atoms with van der Waals surface area (Å²) in [6.45, 7) is 0. The monoisotopic (exact) mass is 302 g/mol. The molecule has 0 nitrogen and oxygen atoms in total. The molecule has 0 fully saturated rings. The summed E-state index contributed by atoms with van der Waals surface area (Å²) in [5, 5.41) is 0.919. The summed E-state index contributed by atoms with van der Waals surface area (Å²) in [4.78, 5) is 0. The summed E-state index contributed by atoms with van der Waals surface area (Å²) in [7, 11) is 0. The van der Waals surface area contributed by atoms with E-state index in [9.17, 15) is 0 Å². The molecule has 0 aromatic heterocycles. The largest absolute Gasteiger partial charge is 0.0883 e. The Kier molecular flexibility index (Phi) is 6.85. The number of halogens is 1. The van der Waals surface area contributed by atoms with Crippen LogP contribution in [-0.2, 0) is 20.4 Å². The van der Waals surface area contributed by atoms with Crippen LogP contribution in [0.1, 0.15) is 5.56 Å². The summed E-state index contributed by atoms with van der Waals surface area (Å²) >= 11 is 3.32. The van der Waals surface area contributed by atoms with Crippen molar-refractivity contribution >= 4 is 22.0 Å². The van der Waals surface area contributed by atoms with E-state index in [1.165, 1.54) is 5.56 Å². The fourth-order valence-corrected chi connectivity index (χ4v) is 0.932. The van der Waals surface area contributed by atoms with Gasteiger partial charge < -0.3 is 0 Å². The van der Waals surface area contributed by atoms with Gasteiger partial charge in [0.15, 0.2) is 0 Å². The number of hydrogen-bond acceptors (Lipinski definition) is 0. The molecule has 1 aromatic rings. The first-order valence-corrected chi connectivity index (χ1v) is 4.33. The number of hydrogen-bond donors (Lipinski definition) is 0. The standard InChI is InChI=1S/C9H9Br.Pd/c10-8-4-7-9-5-2-1-3-6-9;/h1-7H,8H2;. The van der Waals surface area contributed by atoms with Crippen molar-refractivity contribution in [3.05, 3.63) is 42.0 Å². The molecule has 0 N–H and O–H groups in total. The van der Waals surface area contributed by atoms with Gasteiger partial charge in [-0.3, -0.25) is 0 Å². The zero-order valence-electron chi connectivity index (χ0n) is 5.94. The van der Waals surface area contributed by atoms with Crippen molar-refractivity contribution < 1.29 is 20.4 Å². The van der Waals surface area contributed by atoms with E-state index in [1.54, 1.807) is 0 Å². The normalized spacial score (nSPS) is 9.55. The first-order chi connectivity index (χ1) is 4.93. The molecule has 0 bridgehead atoms. The third-order valence-electron chi connectivity index (χ3n) is 1.20. The second-order valence-electron chi connectivity index (χ2n) is 1.97. The summed E-state index contributed by atoms with van der Waals surface area (Å²) in [5.74, 6) is 0. The fraction of sp³-hybridized carbons (Fsp3) is 0.111. The number of alkyl halides is 1. The summed E-state index contributed by atoms with van der Waals surface area (Å²) < 4.78 is 0. The molecule has 0 saturated carbocycles. The average molecular weight is 303 g/mol. The molecule has 0 spiro atoms. The molecule has 11 heavy (non-hydrogen) atoms. The van der Waals surface area contributed by atoms with E-state index in [1.807, 2.05) is 18.2 Å². The maximum Gasteiger partial charge on any atom is 0.0215 e. The van der Waals surface area contributed by atoms with Crippen LogP contribution in [0.2, 0.25) is 0 Å². The van der Waals surface area contributed by atoms with Gasteiger partial charge >= 0.3 is 0 Å². The summed E-state index contributed by atoms with van der Waals surface area (Å²) in [5.41, 5.74) is 1.25. The van der Waals surface area contributed by atoms with Crippen LogP contribution in [0, 0.1) is 0 Å². The number of rotatable bonds is 2. The van der Waals surface area contributed by atoms with Crippen LogP contribution in [0.3, 0.4) is 0 Å². The predicted molar refractivity (Wildman–Crippen MR) is 49.3 cm³/mol. The van der Waals surface area contributed by atoms with Gasteiger partial charge in [-0.05, 0) is 5.56 Å². The van der Waals surface area contributed by atoms with Crippen LogP contribution >= 0.6 is 15.9 Å². The average Bonchev–Trinajstić information content (AvgIpc) is 2.03. The van der Waals surface area contributed by atoms with Crippen molar-refractivity contribution in [1.29, 1.82) is 0 Å². The van der Waals surface area contributed by atoms with Gasteiger partial charge in [0.1, 0.15) is 0 Å². The van der Waals surface area contributed by atoms with Crippen LogP contribution in [0.15, 0.2) is 36.4 Å². The van der Waals surface area contributed by atoms with Gasteiger partial charge in [-0.15, -0.1) is 0 Å². The number of benzene rings is 1. The molecule has 0 radical (unpaired) electrons. The third kappa shape index (κ3) is 4.53. The van der Waals surface area contributed by atoms with E-state index in [0.29, 0.717) is 0 Å². The molecular weight excluding hydrogens is 294 g/mol. The van der Waals surface area contributed by atoms with Crippen molar-refractivity contribution in [2.75, 3.05) is 5.33 Å². The molecule has 0 heterocycles. The molecule has 0 amide bonds. The molecule has 1 rings (SSSR count). The zero-order valence-corrected chi connectivity index (χ0v) is 9.08. The second kappa shape index (κ2) is 6.79. The van der Waals surface area contributed by atoms with Crippen molar-refractivity contribution in [3.63, 3.8) is 0 Å². The second-order valence-corrected chi connectivity index (χ2v) is 2.61. The Morgan fingerprint density at radius 1 is 1.18 bits per heavy atom. The Morgan fingerprint density at radius 3 is 2.36 bits per heavy atom. The van der Waals surface area contributed by atoms with E-state index >= 15 is 0 Å². The van der Waals surface area contributed by atoms with E-state index in [4.69, 9.17) is 0 Å². The molecule has 0 unspecified atom stereocenters. The van der Waals surface area contributed by atoms with Gasteiger partial charge in [-0.2, -0.15) is 0 Å². The first-order valence-electron chi connectivity index (χ1n) is 3.21. The molecule has 0 saturated heterocycles. The van der Waals surface area contributed by atoms with Crippen LogP contribution in [0.5, 0.6) is 0 Å². The van der Waals surface area contributed by atoms with Crippen molar-refractivity contribution in [2.24, 2.45) is 0 Å². The molecule has 0 atom stereocenters. The minimum absolute atomic E-state index is 0. The summed E-state index contributed by atoms with van der Waals surface area (Å²) in [6, 6.07) is 10.3. The molecule has 62 valence electrons. The van der Waals surface area contributed by atoms with Crippen LogP contribution in [-0.4, -0.2) is 5.33 Å². The summed E-state index contributed by atoms with van der Waals surface area (Å²) in [6.07, 6.45) is 4.17. The Balaban J connectivity index is 0.000001000. The van der Waals surface area contributed by atoms with Gasteiger partial charge in [-0.25, -0.2) is 0 Å². The molecule has 0 aliphatic rings. The van der Waals surface area contributed by atoms with Crippen LogP contribution in [0.4, 0.5) is 0 Å². The third-order valence-corrected chi connectivity index (χ3v) is 1.57. The van der Waals surface area contributed by atoms with Crippen LogP contribution < -0.4 is 0 Å². The van der Waals surface area contributed by atoms with Gasteiger partial charge in [0.25, 0.3) is 0 Å². The van der Waals surface area contributed by atoms with E-state index in [2.05, 4.69) is 40.2 Å². The zero-order chi connectivity index (χ0) is 7.23. The van der Waals surface area contributed by atoms with E-state index in [-0.39, 0.29) is 20.4 Å². The SMILES string of the molecule is BrCC=Cc1ccccc1.[Pd]. The predicted octanol–water partition coefficient (Wildman–Crippen LogP) is 3.09. The van der Waals surface area contributed by atoms with E-state index < -0.39 is 0 Å². The van der Waals surface area contributed by atoms with Crippen molar-refractivity contribution in [1.82, 2.24) is 0 Å². The smallest absolute Gasteiger partial charge is 0.0215 e. The fourth-order valence-electron chi connectivity index (χ4n) is 0.745. The molecule has 0 aliphatic carbocycles. The number of allylic oxidation sites excluding steroid dienone is 1. The van der Waals surface area contributed by atoms with Gasteiger partial charge in [-0.1, -0.05) is 58.4 Å². The Morgan fingerprint density at radius 2 is 1.82 bits per heavy atom. The first kappa shape index (κ1) is 11.1. The Bertz CT molecular complexity index is 206. The quantitative estimate of drug-likeness (QED) is 0.582. The maximum atomic E-state index is 3.32. The maximum absolute atomic E-state index is 3.32. The minimum Gasteiger partial charge on any atom is -0.0883 e. The molecule has 1 aromatic carbocycles. The van der Waals surface area contributed by atoms with Gasteiger partial charge in [0, 0.05) is 25.8 Å². The molecule has 2 heteroatoms. The van der Waals surface area contributed by atoms with Crippen molar-refractivity contribution in [3.8, 4) is 0 Å². The van der Waals surface area contributed by atoms with Crippen LogP contribution in [0.25, 0.3) is 6.08 Å². The topological polar surface area (TPSA) is 0 Å². The Labute approximate surface area is 89.5 Å². The minimum atomic E-state index is 0. The van der Waals surface area contributed by atoms with Crippen molar-refractivity contribution in [2.45, 2.75) is 0 Å².